The molecule has 10 heteroatoms. The van der Waals surface area contributed by atoms with Crippen LogP contribution in [0.4, 0.5) is 4.79 Å². The summed E-state index contributed by atoms with van der Waals surface area (Å²) in [5.41, 5.74) is 0. The zero-order chi connectivity index (χ0) is 19.4. The molecule has 27 heavy (non-hydrogen) atoms. The largest absolute Gasteiger partial charge is 0.340 e. The SMILES string of the molecule is CS(=O)(=O)N1CCN(C(=O)C2CCCN(C(=O)NCc3cccs3)C2)CC1. The summed E-state index contributed by atoms with van der Waals surface area (Å²) in [4.78, 5) is 29.8. The molecule has 1 atom stereocenters. The average molecular weight is 415 g/mol. The van der Waals surface area contributed by atoms with Crippen LogP contribution in [-0.4, -0.2) is 80.0 Å². The van der Waals surface area contributed by atoms with Crippen LogP contribution in [0.1, 0.15) is 17.7 Å². The number of likely N-dealkylation sites (tertiary alicyclic amines) is 1. The first-order valence-electron chi connectivity index (χ1n) is 9.13. The maximum Gasteiger partial charge on any atom is 0.317 e. The fourth-order valence-corrected chi connectivity index (χ4v) is 5.02. The molecule has 0 aromatic carbocycles. The third-order valence-corrected chi connectivity index (χ3v) is 7.25. The van der Waals surface area contributed by atoms with Gasteiger partial charge in [-0.1, -0.05) is 6.07 Å². The third kappa shape index (κ3) is 5.20. The van der Waals surface area contributed by atoms with E-state index in [2.05, 4.69) is 5.32 Å². The molecule has 0 saturated carbocycles. The molecule has 0 radical (unpaired) electrons. The van der Waals surface area contributed by atoms with E-state index in [1.165, 1.54) is 10.6 Å². The van der Waals surface area contributed by atoms with Gasteiger partial charge in [0.2, 0.25) is 15.9 Å². The number of thiophene rings is 1. The molecule has 2 aliphatic heterocycles. The van der Waals surface area contributed by atoms with Crippen LogP contribution in [0, 0.1) is 5.92 Å². The van der Waals surface area contributed by atoms with Crippen molar-refractivity contribution in [2.75, 3.05) is 45.5 Å². The second-order valence-corrected chi connectivity index (χ2v) is 10.0. The van der Waals surface area contributed by atoms with E-state index in [9.17, 15) is 18.0 Å². The lowest BCUT2D eigenvalue weighted by molar-refractivity contribution is -0.138. The Morgan fingerprint density at radius 3 is 2.56 bits per heavy atom. The Morgan fingerprint density at radius 1 is 1.19 bits per heavy atom. The third-order valence-electron chi connectivity index (χ3n) is 5.07. The lowest BCUT2D eigenvalue weighted by Gasteiger charge is -2.38. The number of amides is 3. The fourth-order valence-electron chi connectivity index (χ4n) is 3.55. The molecule has 2 aliphatic rings. The molecule has 1 N–H and O–H groups in total. The molecule has 2 saturated heterocycles. The molecular weight excluding hydrogens is 388 g/mol. The van der Waals surface area contributed by atoms with Crippen molar-refractivity contribution in [1.29, 1.82) is 0 Å². The van der Waals surface area contributed by atoms with Gasteiger partial charge in [-0.3, -0.25) is 4.79 Å². The predicted molar refractivity (Wildman–Crippen MR) is 104 cm³/mol. The van der Waals surface area contributed by atoms with Crippen LogP contribution in [0.5, 0.6) is 0 Å². The first-order valence-corrected chi connectivity index (χ1v) is 11.9. The van der Waals surface area contributed by atoms with Crippen LogP contribution in [0.2, 0.25) is 0 Å². The highest BCUT2D eigenvalue weighted by atomic mass is 32.2. The van der Waals surface area contributed by atoms with E-state index in [-0.39, 0.29) is 17.9 Å². The molecule has 0 aliphatic carbocycles. The standard InChI is InChI=1S/C17H26N4O4S2/c1-27(24,25)21-9-7-19(8-10-21)16(22)14-4-2-6-20(13-14)17(23)18-12-15-5-3-11-26-15/h3,5,11,14H,2,4,6-10,12-13H2,1H3,(H,18,23). The Bertz CT molecular complexity index is 758. The summed E-state index contributed by atoms with van der Waals surface area (Å²) < 4.78 is 24.6. The van der Waals surface area contributed by atoms with Gasteiger partial charge in [0.1, 0.15) is 0 Å². The smallest absolute Gasteiger partial charge is 0.317 e. The van der Waals surface area contributed by atoms with Crippen molar-refractivity contribution >= 4 is 33.3 Å². The summed E-state index contributed by atoms with van der Waals surface area (Å²) in [6.45, 7) is 3.06. The monoisotopic (exact) mass is 414 g/mol. The minimum absolute atomic E-state index is 0.0268. The summed E-state index contributed by atoms with van der Waals surface area (Å²) in [6, 6.07) is 3.79. The van der Waals surface area contributed by atoms with E-state index < -0.39 is 10.0 Å². The van der Waals surface area contributed by atoms with Gasteiger partial charge >= 0.3 is 6.03 Å². The number of piperazine rings is 1. The first-order chi connectivity index (χ1) is 12.8. The van der Waals surface area contributed by atoms with E-state index in [4.69, 9.17) is 0 Å². The number of nitrogens with zero attached hydrogens (tertiary/aromatic N) is 3. The minimum atomic E-state index is -3.21. The Balaban J connectivity index is 1.50. The number of piperidine rings is 1. The molecule has 8 nitrogen and oxygen atoms in total. The molecule has 3 amide bonds. The second kappa shape index (κ2) is 8.57. The number of sulfonamides is 1. The van der Waals surface area contributed by atoms with Crippen molar-refractivity contribution in [3.05, 3.63) is 22.4 Å². The number of urea groups is 1. The van der Waals surface area contributed by atoms with E-state index >= 15 is 0 Å². The van der Waals surface area contributed by atoms with E-state index in [0.29, 0.717) is 45.8 Å². The molecule has 1 aromatic heterocycles. The first kappa shape index (κ1) is 20.1. The van der Waals surface area contributed by atoms with Crippen molar-refractivity contribution in [2.24, 2.45) is 5.92 Å². The van der Waals surface area contributed by atoms with Gasteiger partial charge in [0, 0.05) is 44.1 Å². The van der Waals surface area contributed by atoms with Crippen LogP contribution < -0.4 is 5.32 Å². The van der Waals surface area contributed by atoms with Gasteiger partial charge in [-0.2, -0.15) is 4.31 Å². The molecule has 3 heterocycles. The van der Waals surface area contributed by atoms with Crippen LogP contribution in [0.3, 0.4) is 0 Å². The highest BCUT2D eigenvalue weighted by molar-refractivity contribution is 7.88. The summed E-state index contributed by atoms with van der Waals surface area (Å²) >= 11 is 1.60. The van der Waals surface area contributed by atoms with Crippen LogP contribution in [0.25, 0.3) is 0 Å². The van der Waals surface area contributed by atoms with E-state index in [1.807, 2.05) is 17.5 Å². The lowest BCUT2D eigenvalue weighted by Crippen LogP contribution is -2.54. The Morgan fingerprint density at radius 2 is 1.93 bits per heavy atom. The van der Waals surface area contributed by atoms with Gasteiger partial charge < -0.3 is 15.1 Å². The summed E-state index contributed by atoms with van der Waals surface area (Å²) in [6.07, 6.45) is 2.75. The fraction of sp³-hybridized carbons (Fsp3) is 0.647. The lowest BCUT2D eigenvalue weighted by atomic mass is 9.96. The average Bonchev–Trinajstić information content (AvgIpc) is 3.18. The predicted octanol–water partition coefficient (Wildman–Crippen LogP) is 0.774. The van der Waals surface area contributed by atoms with Crippen LogP contribution >= 0.6 is 11.3 Å². The Kier molecular flexibility index (Phi) is 6.38. The molecule has 0 bridgehead atoms. The highest BCUT2D eigenvalue weighted by Crippen LogP contribution is 2.20. The maximum atomic E-state index is 12.8. The molecule has 150 valence electrons. The van der Waals surface area contributed by atoms with Gasteiger partial charge in [0.15, 0.2) is 0 Å². The van der Waals surface area contributed by atoms with Gasteiger partial charge in [0.25, 0.3) is 0 Å². The van der Waals surface area contributed by atoms with Crippen molar-refractivity contribution < 1.29 is 18.0 Å². The number of hydrogen-bond acceptors (Lipinski definition) is 5. The van der Waals surface area contributed by atoms with Gasteiger partial charge in [-0.25, -0.2) is 13.2 Å². The summed E-state index contributed by atoms with van der Waals surface area (Å²) in [5.74, 6) is -0.185. The summed E-state index contributed by atoms with van der Waals surface area (Å²) in [5, 5.41) is 4.89. The van der Waals surface area contributed by atoms with Gasteiger partial charge in [0.05, 0.1) is 18.7 Å². The van der Waals surface area contributed by atoms with Crippen molar-refractivity contribution in [3.63, 3.8) is 0 Å². The number of rotatable bonds is 4. The van der Waals surface area contributed by atoms with Crippen LogP contribution in [-0.2, 0) is 21.4 Å². The zero-order valence-electron chi connectivity index (χ0n) is 15.5. The van der Waals surface area contributed by atoms with Gasteiger partial charge in [-0.05, 0) is 24.3 Å². The van der Waals surface area contributed by atoms with Crippen molar-refractivity contribution in [1.82, 2.24) is 19.4 Å². The van der Waals surface area contributed by atoms with E-state index in [0.717, 1.165) is 17.7 Å². The molecule has 1 unspecified atom stereocenters. The van der Waals surface area contributed by atoms with E-state index in [1.54, 1.807) is 21.1 Å². The minimum Gasteiger partial charge on any atom is -0.340 e. The zero-order valence-corrected chi connectivity index (χ0v) is 17.1. The maximum absolute atomic E-state index is 12.8. The number of hydrogen-bond donors (Lipinski definition) is 1. The molecule has 1 aromatic rings. The Hall–Kier alpha value is -1.65. The number of nitrogens with one attached hydrogen (secondary N) is 1. The normalized spacial score (nSPS) is 21.9. The van der Waals surface area contributed by atoms with Crippen molar-refractivity contribution in [3.8, 4) is 0 Å². The van der Waals surface area contributed by atoms with Crippen molar-refractivity contribution in [2.45, 2.75) is 19.4 Å². The topological polar surface area (TPSA) is 90.0 Å². The quantitative estimate of drug-likeness (QED) is 0.788. The molecule has 3 rings (SSSR count). The Labute approximate surface area is 164 Å². The molecular formula is C17H26N4O4S2. The molecule has 2 fully saturated rings. The summed E-state index contributed by atoms with van der Waals surface area (Å²) in [7, 11) is -3.21. The second-order valence-electron chi connectivity index (χ2n) is 7.01. The van der Waals surface area contributed by atoms with Gasteiger partial charge in [-0.15, -0.1) is 11.3 Å². The number of carbonyl (C=O) groups is 2. The number of carbonyl (C=O) groups excluding carboxylic acids is 2. The highest BCUT2D eigenvalue weighted by Gasteiger charge is 2.33. The molecule has 0 spiro atoms. The van der Waals surface area contributed by atoms with Crippen LogP contribution in [0.15, 0.2) is 17.5 Å².